The molecule has 0 spiro atoms. The Morgan fingerprint density at radius 3 is 1.89 bits per heavy atom. The van der Waals surface area contributed by atoms with E-state index in [1.165, 1.54) is 62.9 Å². The van der Waals surface area contributed by atoms with Crippen LogP contribution < -0.4 is 5.73 Å². The van der Waals surface area contributed by atoms with Crippen molar-refractivity contribution in [1.29, 1.82) is 0 Å². The number of hydrogen-bond acceptors (Lipinski definition) is 2. The second-order valence-corrected chi connectivity index (χ2v) is 6.24. The monoisotopic (exact) mass is 273 g/mol. The number of thioether (sulfide) groups is 1. The average Bonchev–Trinajstić information content (AvgIpc) is 2.34. The van der Waals surface area contributed by atoms with Crippen LogP contribution in [0, 0.1) is 0 Å². The first-order valence-electron chi connectivity index (χ1n) is 7.63. The zero-order valence-corrected chi connectivity index (χ0v) is 12.9. The smallest absolute Gasteiger partial charge is 0.217 e. The lowest BCUT2D eigenvalue weighted by Crippen LogP contribution is -2.09. The Morgan fingerprint density at radius 2 is 1.33 bits per heavy atom. The van der Waals surface area contributed by atoms with Crippen molar-refractivity contribution < 1.29 is 4.79 Å². The summed E-state index contributed by atoms with van der Waals surface area (Å²) in [5.74, 6) is 2.30. The van der Waals surface area contributed by atoms with Crippen LogP contribution in [0.25, 0.3) is 0 Å². The van der Waals surface area contributed by atoms with E-state index in [9.17, 15) is 4.79 Å². The van der Waals surface area contributed by atoms with E-state index < -0.39 is 0 Å². The molecular formula is C15H31NOS. The fourth-order valence-electron chi connectivity index (χ4n) is 1.94. The molecule has 0 aliphatic rings. The second kappa shape index (κ2) is 14.9. The third-order valence-electron chi connectivity index (χ3n) is 3.10. The van der Waals surface area contributed by atoms with Gasteiger partial charge in [-0.2, -0.15) is 11.8 Å². The Labute approximate surface area is 117 Å². The van der Waals surface area contributed by atoms with Crippen molar-refractivity contribution >= 4 is 17.7 Å². The van der Waals surface area contributed by atoms with E-state index in [2.05, 4.69) is 6.92 Å². The van der Waals surface area contributed by atoms with E-state index in [0.29, 0.717) is 6.42 Å². The van der Waals surface area contributed by atoms with Gasteiger partial charge in [0, 0.05) is 6.42 Å². The minimum Gasteiger partial charge on any atom is -0.370 e. The molecule has 108 valence electrons. The van der Waals surface area contributed by atoms with Gasteiger partial charge in [0.2, 0.25) is 5.91 Å². The van der Waals surface area contributed by atoms with Gasteiger partial charge >= 0.3 is 0 Å². The standard InChI is InChI=1S/C15H31NOS/c1-2-3-4-5-6-7-8-10-13-18-14-11-9-12-15(16)17/h2-14H2,1H3,(H2,16,17). The average molecular weight is 273 g/mol. The number of nitrogens with two attached hydrogens (primary N) is 1. The summed E-state index contributed by atoms with van der Waals surface area (Å²) in [6.45, 7) is 2.26. The molecule has 0 bridgehead atoms. The normalized spacial score (nSPS) is 10.7. The highest BCUT2D eigenvalue weighted by molar-refractivity contribution is 7.99. The first kappa shape index (κ1) is 17.8. The summed E-state index contributed by atoms with van der Waals surface area (Å²) in [5, 5.41) is 0. The Morgan fingerprint density at radius 1 is 0.833 bits per heavy atom. The minimum absolute atomic E-state index is 0.164. The van der Waals surface area contributed by atoms with Crippen LogP contribution >= 0.6 is 11.8 Å². The third kappa shape index (κ3) is 15.8. The second-order valence-electron chi connectivity index (χ2n) is 5.01. The van der Waals surface area contributed by atoms with E-state index in [-0.39, 0.29) is 5.91 Å². The zero-order valence-electron chi connectivity index (χ0n) is 12.1. The van der Waals surface area contributed by atoms with Gasteiger partial charge in [-0.05, 0) is 30.8 Å². The molecule has 0 atom stereocenters. The molecule has 0 aromatic rings. The lowest BCUT2D eigenvalue weighted by molar-refractivity contribution is -0.118. The van der Waals surface area contributed by atoms with Crippen molar-refractivity contribution in [3.63, 3.8) is 0 Å². The lowest BCUT2D eigenvalue weighted by Gasteiger charge is -2.02. The fraction of sp³-hybridized carbons (Fsp3) is 0.933. The molecule has 18 heavy (non-hydrogen) atoms. The van der Waals surface area contributed by atoms with Crippen LogP contribution in [0.3, 0.4) is 0 Å². The van der Waals surface area contributed by atoms with Crippen LogP contribution in [0.1, 0.15) is 77.6 Å². The van der Waals surface area contributed by atoms with Crippen LogP contribution in [0.4, 0.5) is 0 Å². The number of carbonyl (C=O) groups excluding carboxylic acids is 1. The van der Waals surface area contributed by atoms with Gasteiger partial charge in [0.25, 0.3) is 0 Å². The SMILES string of the molecule is CCCCCCCCCCSCCCCC(N)=O. The van der Waals surface area contributed by atoms with Crippen LogP contribution in [0.15, 0.2) is 0 Å². The van der Waals surface area contributed by atoms with E-state index in [0.717, 1.165) is 12.8 Å². The van der Waals surface area contributed by atoms with Gasteiger partial charge in [-0.15, -0.1) is 0 Å². The largest absolute Gasteiger partial charge is 0.370 e. The summed E-state index contributed by atoms with van der Waals surface area (Å²) >= 11 is 2.02. The predicted octanol–water partition coefficient (Wildman–Crippen LogP) is 4.52. The molecule has 2 nitrogen and oxygen atoms in total. The van der Waals surface area contributed by atoms with E-state index >= 15 is 0 Å². The first-order valence-corrected chi connectivity index (χ1v) is 8.79. The van der Waals surface area contributed by atoms with Gasteiger partial charge in [0.15, 0.2) is 0 Å². The zero-order chi connectivity index (χ0) is 13.5. The fourth-order valence-corrected chi connectivity index (χ4v) is 2.96. The van der Waals surface area contributed by atoms with Crippen molar-refractivity contribution in [2.45, 2.75) is 77.6 Å². The Kier molecular flexibility index (Phi) is 14.7. The molecule has 0 rings (SSSR count). The topological polar surface area (TPSA) is 43.1 Å². The Balaban J connectivity index is 2.92. The van der Waals surface area contributed by atoms with Gasteiger partial charge in [0.05, 0.1) is 0 Å². The molecule has 2 N–H and O–H groups in total. The van der Waals surface area contributed by atoms with Gasteiger partial charge in [-0.1, -0.05) is 51.9 Å². The first-order chi connectivity index (χ1) is 8.77. The summed E-state index contributed by atoms with van der Waals surface area (Å²) in [6, 6.07) is 0. The van der Waals surface area contributed by atoms with Crippen LogP contribution in [0.5, 0.6) is 0 Å². The minimum atomic E-state index is -0.164. The number of unbranched alkanes of at least 4 members (excludes halogenated alkanes) is 8. The number of hydrogen-bond donors (Lipinski definition) is 1. The Hall–Kier alpha value is -0.180. The summed E-state index contributed by atoms with van der Waals surface area (Å²) in [5.41, 5.74) is 5.09. The molecule has 0 aliphatic heterocycles. The molecule has 0 aromatic carbocycles. The molecule has 0 radical (unpaired) electrons. The maximum atomic E-state index is 10.5. The molecule has 0 aliphatic carbocycles. The van der Waals surface area contributed by atoms with Crippen molar-refractivity contribution in [1.82, 2.24) is 0 Å². The third-order valence-corrected chi connectivity index (χ3v) is 4.26. The molecule has 0 saturated carbocycles. The van der Waals surface area contributed by atoms with E-state index in [1.807, 2.05) is 11.8 Å². The van der Waals surface area contributed by atoms with E-state index in [4.69, 9.17) is 5.73 Å². The predicted molar refractivity (Wildman–Crippen MR) is 83.0 cm³/mol. The summed E-state index contributed by atoms with van der Waals surface area (Å²) in [6.07, 6.45) is 13.8. The molecule has 0 unspecified atom stereocenters. The molecule has 0 heterocycles. The van der Waals surface area contributed by atoms with Crippen LogP contribution in [-0.2, 0) is 4.79 Å². The molecular weight excluding hydrogens is 242 g/mol. The summed E-state index contributed by atoms with van der Waals surface area (Å²) in [4.78, 5) is 10.5. The summed E-state index contributed by atoms with van der Waals surface area (Å²) in [7, 11) is 0. The van der Waals surface area contributed by atoms with Crippen LogP contribution in [0.2, 0.25) is 0 Å². The highest BCUT2D eigenvalue weighted by atomic mass is 32.2. The maximum Gasteiger partial charge on any atom is 0.217 e. The lowest BCUT2D eigenvalue weighted by atomic mass is 10.1. The van der Waals surface area contributed by atoms with Crippen molar-refractivity contribution in [3.05, 3.63) is 0 Å². The van der Waals surface area contributed by atoms with Gasteiger partial charge in [-0.25, -0.2) is 0 Å². The number of amides is 1. The molecule has 0 saturated heterocycles. The Bertz CT molecular complexity index is 185. The van der Waals surface area contributed by atoms with Gasteiger partial charge < -0.3 is 5.73 Å². The van der Waals surface area contributed by atoms with E-state index in [1.54, 1.807) is 0 Å². The van der Waals surface area contributed by atoms with Crippen molar-refractivity contribution in [2.24, 2.45) is 5.73 Å². The molecule has 1 amide bonds. The maximum absolute atomic E-state index is 10.5. The number of primary amides is 1. The summed E-state index contributed by atoms with van der Waals surface area (Å²) < 4.78 is 0. The van der Waals surface area contributed by atoms with Gasteiger partial charge in [0.1, 0.15) is 0 Å². The molecule has 0 fully saturated rings. The van der Waals surface area contributed by atoms with Crippen molar-refractivity contribution in [3.8, 4) is 0 Å². The molecule has 0 aromatic heterocycles. The number of rotatable bonds is 14. The quantitative estimate of drug-likeness (QED) is 0.473. The van der Waals surface area contributed by atoms with Gasteiger partial charge in [-0.3, -0.25) is 4.79 Å². The van der Waals surface area contributed by atoms with Crippen molar-refractivity contribution in [2.75, 3.05) is 11.5 Å². The highest BCUT2D eigenvalue weighted by Crippen LogP contribution is 2.12. The highest BCUT2D eigenvalue weighted by Gasteiger charge is 1.95. The van der Waals surface area contributed by atoms with Crippen LogP contribution in [-0.4, -0.2) is 17.4 Å². The number of carbonyl (C=O) groups is 1. The molecule has 3 heteroatoms.